The lowest BCUT2D eigenvalue weighted by Gasteiger charge is -2.36. The van der Waals surface area contributed by atoms with E-state index in [1.807, 2.05) is 0 Å². The summed E-state index contributed by atoms with van der Waals surface area (Å²) >= 11 is 0. The van der Waals surface area contributed by atoms with Gasteiger partial charge in [0.25, 0.3) is 0 Å². The summed E-state index contributed by atoms with van der Waals surface area (Å²) in [6.45, 7) is 2.64. The van der Waals surface area contributed by atoms with Crippen LogP contribution in [0.15, 0.2) is 0 Å². The summed E-state index contributed by atoms with van der Waals surface area (Å²) in [7, 11) is 0. The fraction of sp³-hybridized carbons (Fsp3) is 1.00. The van der Waals surface area contributed by atoms with Gasteiger partial charge in [-0.15, -0.1) is 0 Å². The van der Waals surface area contributed by atoms with Crippen LogP contribution in [0.1, 0.15) is 44.9 Å². The maximum atomic E-state index is 3.62. The first-order valence-electron chi connectivity index (χ1n) is 6.66. The zero-order chi connectivity index (χ0) is 9.38. The molecule has 3 aliphatic rings. The molecular weight excluding hydrogens is 170 g/mol. The Hall–Kier alpha value is -0.0400. The van der Waals surface area contributed by atoms with Gasteiger partial charge in [0.15, 0.2) is 0 Å². The molecule has 1 nitrogen and oxygen atoms in total. The molecule has 2 unspecified atom stereocenters. The smallest absolute Gasteiger partial charge is 0.00151 e. The highest BCUT2D eigenvalue weighted by Crippen LogP contribution is 2.48. The van der Waals surface area contributed by atoms with Crippen LogP contribution in [0, 0.1) is 23.7 Å². The summed E-state index contributed by atoms with van der Waals surface area (Å²) in [6, 6.07) is 0. The molecule has 0 amide bonds. The van der Waals surface area contributed by atoms with Crippen molar-refractivity contribution in [1.82, 2.24) is 5.32 Å². The van der Waals surface area contributed by atoms with Crippen molar-refractivity contribution in [3.63, 3.8) is 0 Å². The van der Waals surface area contributed by atoms with Gasteiger partial charge >= 0.3 is 0 Å². The van der Waals surface area contributed by atoms with E-state index >= 15 is 0 Å². The van der Waals surface area contributed by atoms with E-state index in [1.54, 1.807) is 12.8 Å². The molecule has 2 saturated carbocycles. The minimum Gasteiger partial charge on any atom is -0.316 e. The average molecular weight is 193 g/mol. The summed E-state index contributed by atoms with van der Waals surface area (Å²) in [6.07, 6.45) is 10.7. The molecule has 3 rings (SSSR count). The number of rotatable bonds is 2. The third-order valence-electron chi connectivity index (χ3n) is 4.82. The molecule has 2 atom stereocenters. The SMILES string of the molecule is C1CCC(C2CNCCC2C2CC2)C1. The van der Waals surface area contributed by atoms with Gasteiger partial charge < -0.3 is 5.32 Å². The maximum absolute atomic E-state index is 3.62. The van der Waals surface area contributed by atoms with Gasteiger partial charge in [0.05, 0.1) is 0 Å². The molecule has 3 fully saturated rings. The van der Waals surface area contributed by atoms with Crippen molar-refractivity contribution in [2.24, 2.45) is 23.7 Å². The van der Waals surface area contributed by atoms with Crippen LogP contribution in [0.3, 0.4) is 0 Å². The van der Waals surface area contributed by atoms with Gasteiger partial charge in [0, 0.05) is 0 Å². The molecular formula is C13H23N. The number of hydrogen-bond donors (Lipinski definition) is 1. The highest BCUT2D eigenvalue weighted by Gasteiger charge is 2.41. The first kappa shape index (κ1) is 9.21. The van der Waals surface area contributed by atoms with Crippen molar-refractivity contribution in [2.45, 2.75) is 44.9 Å². The maximum Gasteiger partial charge on any atom is -0.00151 e. The Labute approximate surface area is 87.7 Å². The van der Waals surface area contributed by atoms with Crippen molar-refractivity contribution in [1.29, 1.82) is 0 Å². The molecule has 0 aromatic heterocycles. The molecule has 0 radical (unpaired) electrons. The fourth-order valence-electron chi connectivity index (χ4n) is 3.91. The third kappa shape index (κ3) is 1.71. The van der Waals surface area contributed by atoms with Gasteiger partial charge in [-0.1, -0.05) is 25.7 Å². The van der Waals surface area contributed by atoms with Gasteiger partial charge in [-0.2, -0.15) is 0 Å². The monoisotopic (exact) mass is 193 g/mol. The first-order valence-corrected chi connectivity index (χ1v) is 6.66. The predicted molar refractivity (Wildman–Crippen MR) is 59.1 cm³/mol. The average Bonchev–Trinajstić information content (AvgIpc) is 2.94. The molecule has 1 heterocycles. The van der Waals surface area contributed by atoms with Crippen LogP contribution in [-0.4, -0.2) is 13.1 Å². The van der Waals surface area contributed by atoms with Crippen LogP contribution in [0.2, 0.25) is 0 Å². The highest BCUT2D eigenvalue weighted by atomic mass is 14.9. The standard InChI is InChI=1S/C13H23N/c1-2-4-10(3-1)13-9-14-8-7-12(13)11-5-6-11/h10-14H,1-9H2. The van der Waals surface area contributed by atoms with Crippen molar-refractivity contribution >= 4 is 0 Å². The lowest BCUT2D eigenvalue weighted by atomic mass is 9.74. The lowest BCUT2D eigenvalue weighted by molar-refractivity contribution is 0.158. The number of piperidine rings is 1. The Morgan fingerprint density at radius 2 is 1.43 bits per heavy atom. The van der Waals surface area contributed by atoms with Crippen molar-refractivity contribution in [3.8, 4) is 0 Å². The Morgan fingerprint density at radius 3 is 2.14 bits per heavy atom. The molecule has 0 aromatic carbocycles. The van der Waals surface area contributed by atoms with E-state index < -0.39 is 0 Å². The van der Waals surface area contributed by atoms with Crippen LogP contribution in [0.4, 0.5) is 0 Å². The molecule has 1 saturated heterocycles. The zero-order valence-corrected chi connectivity index (χ0v) is 9.17. The summed E-state index contributed by atoms with van der Waals surface area (Å²) < 4.78 is 0. The van der Waals surface area contributed by atoms with Gasteiger partial charge in [0.1, 0.15) is 0 Å². The minimum absolute atomic E-state index is 1.05. The van der Waals surface area contributed by atoms with E-state index in [1.165, 1.54) is 45.2 Å². The molecule has 0 aromatic rings. The van der Waals surface area contributed by atoms with E-state index in [-0.39, 0.29) is 0 Å². The molecule has 2 aliphatic carbocycles. The molecule has 1 N–H and O–H groups in total. The van der Waals surface area contributed by atoms with E-state index in [9.17, 15) is 0 Å². The Balaban J connectivity index is 1.66. The Kier molecular flexibility index (Phi) is 2.53. The Morgan fingerprint density at radius 1 is 0.714 bits per heavy atom. The van der Waals surface area contributed by atoms with Crippen LogP contribution in [0.25, 0.3) is 0 Å². The predicted octanol–water partition coefficient (Wildman–Crippen LogP) is 2.81. The molecule has 1 aliphatic heterocycles. The van der Waals surface area contributed by atoms with Crippen LogP contribution in [0.5, 0.6) is 0 Å². The summed E-state index contributed by atoms with van der Waals surface area (Å²) in [5.74, 6) is 4.40. The number of hydrogen-bond acceptors (Lipinski definition) is 1. The summed E-state index contributed by atoms with van der Waals surface area (Å²) in [5, 5.41) is 3.62. The highest BCUT2D eigenvalue weighted by molar-refractivity contribution is 4.92. The topological polar surface area (TPSA) is 12.0 Å². The number of nitrogens with one attached hydrogen (secondary N) is 1. The molecule has 0 bridgehead atoms. The van der Waals surface area contributed by atoms with Gasteiger partial charge in [0.2, 0.25) is 0 Å². The van der Waals surface area contributed by atoms with E-state index in [0.717, 1.165) is 23.7 Å². The quantitative estimate of drug-likeness (QED) is 0.711. The van der Waals surface area contributed by atoms with Crippen molar-refractivity contribution in [3.05, 3.63) is 0 Å². The second-order valence-corrected chi connectivity index (χ2v) is 5.70. The second-order valence-electron chi connectivity index (χ2n) is 5.70. The lowest BCUT2D eigenvalue weighted by Crippen LogP contribution is -2.40. The van der Waals surface area contributed by atoms with E-state index in [2.05, 4.69) is 5.32 Å². The van der Waals surface area contributed by atoms with E-state index in [4.69, 9.17) is 0 Å². The Bertz CT molecular complexity index is 191. The first-order chi connectivity index (χ1) is 6.95. The van der Waals surface area contributed by atoms with Gasteiger partial charge in [-0.05, 0) is 56.0 Å². The molecule has 14 heavy (non-hydrogen) atoms. The van der Waals surface area contributed by atoms with Gasteiger partial charge in [-0.3, -0.25) is 0 Å². The molecule has 1 heteroatoms. The normalized spacial score (nSPS) is 40.3. The largest absolute Gasteiger partial charge is 0.316 e. The molecule has 80 valence electrons. The molecule has 0 spiro atoms. The second kappa shape index (κ2) is 3.84. The summed E-state index contributed by atoms with van der Waals surface area (Å²) in [5.41, 5.74) is 0. The van der Waals surface area contributed by atoms with Crippen molar-refractivity contribution < 1.29 is 0 Å². The minimum atomic E-state index is 1.05. The van der Waals surface area contributed by atoms with E-state index in [0.29, 0.717) is 0 Å². The third-order valence-corrected chi connectivity index (χ3v) is 4.82. The zero-order valence-electron chi connectivity index (χ0n) is 9.17. The fourth-order valence-corrected chi connectivity index (χ4v) is 3.91. The summed E-state index contributed by atoms with van der Waals surface area (Å²) in [4.78, 5) is 0. The van der Waals surface area contributed by atoms with Gasteiger partial charge in [-0.25, -0.2) is 0 Å². The van der Waals surface area contributed by atoms with Crippen LogP contribution >= 0.6 is 0 Å². The van der Waals surface area contributed by atoms with Crippen LogP contribution < -0.4 is 5.32 Å². The van der Waals surface area contributed by atoms with Crippen LogP contribution in [-0.2, 0) is 0 Å². The van der Waals surface area contributed by atoms with Crippen molar-refractivity contribution in [2.75, 3.05) is 13.1 Å².